The molecule has 0 bridgehead atoms. The molecule has 4 aromatic rings. The Morgan fingerprint density at radius 3 is 2.48 bits per heavy atom. The number of aromatic amines is 3. The molecule has 148 valence electrons. The third-order valence-electron chi connectivity index (χ3n) is 4.50. The molecule has 0 amide bonds. The normalized spacial score (nSPS) is 11.1. The first-order valence-corrected chi connectivity index (χ1v) is 9.56. The molecule has 0 radical (unpaired) electrons. The lowest BCUT2D eigenvalue weighted by atomic mass is 10.0. The fraction of sp³-hybridized carbons (Fsp3) is 0.105. The zero-order valence-corrected chi connectivity index (χ0v) is 16.7. The number of ether oxygens (including phenoxy) is 1. The molecule has 0 fully saturated rings. The average Bonchev–Trinajstić information content (AvgIpc) is 3.19. The number of aromatic nitrogens is 3. The maximum absolute atomic E-state index is 12.6. The van der Waals surface area contributed by atoms with E-state index in [1.54, 1.807) is 31.2 Å². The molecule has 4 N–H and O–H groups in total. The number of fused-ring (bicyclic) bond motifs is 1. The number of carbonyl (C=O) groups is 1. The smallest absolute Gasteiger partial charge is 0.342 e. The quantitative estimate of drug-likeness (QED) is 0.369. The zero-order valence-electron chi connectivity index (χ0n) is 15.2. The maximum Gasteiger partial charge on any atom is 0.342 e. The molecular weight excluding hydrogens is 418 g/mol. The summed E-state index contributed by atoms with van der Waals surface area (Å²) in [6, 6.07) is 6.83. The number of carbonyl (C=O) groups excluding carboxylic acids is 1. The van der Waals surface area contributed by atoms with Crippen molar-refractivity contribution in [3.63, 3.8) is 0 Å². The van der Waals surface area contributed by atoms with Gasteiger partial charge in [0.1, 0.15) is 17.0 Å². The molecule has 0 aliphatic heterocycles. The molecule has 29 heavy (non-hydrogen) atoms. The Morgan fingerprint density at radius 1 is 1.14 bits per heavy atom. The Kier molecular flexibility index (Phi) is 4.56. The number of benzene rings is 1. The Morgan fingerprint density at radius 2 is 1.83 bits per heavy atom. The number of rotatable bonds is 3. The summed E-state index contributed by atoms with van der Waals surface area (Å²) >= 11 is 7.12. The van der Waals surface area contributed by atoms with Crippen LogP contribution in [0.1, 0.15) is 15.2 Å². The minimum absolute atomic E-state index is 0.0322. The van der Waals surface area contributed by atoms with E-state index in [1.165, 1.54) is 7.11 Å². The number of aryl methyl sites for hydroxylation is 1. The van der Waals surface area contributed by atoms with E-state index in [9.17, 15) is 19.5 Å². The monoisotopic (exact) mass is 431 g/mol. The van der Waals surface area contributed by atoms with Crippen molar-refractivity contribution in [3.8, 4) is 27.4 Å². The van der Waals surface area contributed by atoms with E-state index in [1.807, 2.05) is 0 Å². The number of halogens is 1. The topological polar surface area (TPSA) is 128 Å². The van der Waals surface area contributed by atoms with Gasteiger partial charge in [-0.05, 0) is 24.6 Å². The molecule has 4 rings (SSSR count). The molecule has 1 aromatic carbocycles. The largest absolute Gasteiger partial charge is 0.505 e. The van der Waals surface area contributed by atoms with Crippen molar-refractivity contribution in [1.82, 2.24) is 15.0 Å². The molecule has 3 heterocycles. The highest BCUT2D eigenvalue weighted by molar-refractivity contribution is 7.16. The first-order valence-electron chi connectivity index (χ1n) is 8.37. The standard InChI is InChI=1S/C19H14ClN3O5S/c1-7-10(18(26)28-2)14(24)15(29-7)11-12-16(22-19(27)23-17(12)25)21-13(11)8-3-5-9(20)6-4-8/h3-6,24H,1-2H3,(H3,21,22,23,25,27). The first-order chi connectivity index (χ1) is 13.8. The highest BCUT2D eigenvalue weighted by Crippen LogP contribution is 2.47. The molecule has 10 heteroatoms. The number of hydrogen-bond acceptors (Lipinski definition) is 6. The summed E-state index contributed by atoms with van der Waals surface area (Å²) in [7, 11) is 1.22. The third-order valence-corrected chi connectivity index (χ3v) is 5.87. The van der Waals surface area contributed by atoms with Gasteiger partial charge in [0.25, 0.3) is 5.56 Å². The molecule has 0 atom stereocenters. The van der Waals surface area contributed by atoms with Gasteiger partial charge in [-0.25, -0.2) is 9.59 Å². The molecule has 3 aromatic heterocycles. The molecular formula is C19H14ClN3O5S. The molecule has 0 saturated heterocycles. The van der Waals surface area contributed by atoms with Crippen molar-refractivity contribution in [2.45, 2.75) is 6.92 Å². The van der Waals surface area contributed by atoms with Gasteiger partial charge in [0.15, 0.2) is 0 Å². The minimum atomic E-state index is -0.683. The van der Waals surface area contributed by atoms with Crippen molar-refractivity contribution >= 4 is 39.9 Å². The van der Waals surface area contributed by atoms with Crippen LogP contribution in [-0.4, -0.2) is 33.1 Å². The maximum atomic E-state index is 12.6. The number of thiophene rings is 1. The molecule has 0 aliphatic carbocycles. The van der Waals surface area contributed by atoms with Crippen LogP contribution in [0.5, 0.6) is 5.75 Å². The van der Waals surface area contributed by atoms with Crippen molar-refractivity contribution in [3.05, 3.63) is 60.6 Å². The van der Waals surface area contributed by atoms with Crippen LogP contribution in [0.15, 0.2) is 33.9 Å². The second-order valence-corrected chi connectivity index (χ2v) is 7.90. The van der Waals surface area contributed by atoms with Gasteiger partial charge >= 0.3 is 11.7 Å². The molecule has 0 aliphatic rings. The average molecular weight is 432 g/mol. The van der Waals surface area contributed by atoms with E-state index in [0.29, 0.717) is 31.6 Å². The van der Waals surface area contributed by atoms with Crippen molar-refractivity contribution in [1.29, 1.82) is 0 Å². The van der Waals surface area contributed by atoms with Crippen LogP contribution in [0.25, 0.3) is 32.7 Å². The van der Waals surface area contributed by atoms with Gasteiger partial charge in [-0.2, -0.15) is 0 Å². The lowest BCUT2D eigenvalue weighted by Gasteiger charge is -2.05. The number of aromatic hydroxyl groups is 1. The Labute approximate surface area is 171 Å². The van der Waals surface area contributed by atoms with Gasteiger partial charge in [-0.3, -0.25) is 14.8 Å². The highest BCUT2D eigenvalue weighted by Gasteiger charge is 2.28. The Hall–Kier alpha value is -3.30. The van der Waals surface area contributed by atoms with E-state index in [2.05, 4.69) is 15.0 Å². The van der Waals surface area contributed by atoms with Gasteiger partial charge < -0.3 is 14.8 Å². The lowest BCUT2D eigenvalue weighted by molar-refractivity contribution is 0.0597. The summed E-state index contributed by atoms with van der Waals surface area (Å²) in [5.41, 5.74) is 0.456. The number of methoxy groups -OCH3 is 1. The molecule has 0 unspecified atom stereocenters. The highest BCUT2D eigenvalue weighted by atomic mass is 35.5. The van der Waals surface area contributed by atoms with E-state index in [4.69, 9.17) is 16.3 Å². The van der Waals surface area contributed by atoms with E-state index < -0.39 is 17.2 Å². The van der Waals surface area contributed by atoms with Crippen molar-refractivity contribution < 1.29 is 14.6 Å². The Bertz CT molecular complexity index is 1380. The number of nitrogens with one attached hydrogen (secondary N) is 3. The van der Waals surface area contributed by atoms with Crippen LogP contribution in [0.3, 0.4) is 0 Å². The van der Waals surface area contributed by atoms with Gasteiger partial charge in [0.05, 0.1) is 23.1 Å². The summed E-state index contributed by atoms with van der Waals surface area (Å²) in [6.45, 7) is 1.67. The fourth-order valence-electron chi connectivity index (χ4n) is 3.24. The van der Waals surface area contributed by atoms with E-state index >= 15 is 0 Å². The third kappa shape index (κ3) is 3.04. The SMILES string of the molecule is COC(=O)c1c(C)sc(-c2c(-c3ccc(Cl)cc3)[nH]c3[nH]c(=O)[nH]c(=O)c23)c1O. The van der Waals surface area contributed by atoms with E-state index in [0.717, 1.165) is 11.3 Å². The van der Waals surface area contributed by atoms with E-state index in [-0.39, 0.29) is 22.3 Å². The van der Waals surface area contributed by atoms with Crippen LogP contribution in [0.4, 0.5) is 0 Å². The lowest BCUT2D eigenvalue weighted by Crippen LogP contribution is -2.21. The molecule has 0 saturated carbocycles. The summed E-state index contributed by atoms with van der Waals surface area (Å²) in [5, 5.41) is 11.5. The number of esters is 1. The zero-order chi connectivity index (χ0) is 20.9. The summed E-state index contributed by atoms with van der Waals surface area (Å²) in [4.78, 5) is 45.1. The summed E-state index contributed by atoms with van der Waals surface area (Å²) in [5.74, 6) is -0.973. The molecule has 8 nitrogen and oxygen atoms in total. The van der Waals surface area contributed by atoms with Gasteiger partial charge in [-0.1, -0.05) is 23.7 Å². The van der Waals surface area contributed by atoms with Crippen molar-refractivity contribution in [2.75, 3.05) is 7.11 Å². The van der Waals surface area contributed by atoms with Crippen LogP contribution >= 0.6 is 22.9 Å². The Balaban J connectivity index is 2.12. The predicted octanol–water partition coefficient (Wildman–Crippen LogP) is 3.39. The van der Waals surface area contributed by atoms with Gasteiger partial charge in [-0.15, -0.1) is 11.3 Å². The van der Waals surface area contributed by atoms with Gasteiger partial charge in [0, 0.05) is 15.5 Å². The van der Waals surface area contributed by atoms with Crippen molar-refractivity contribution in [2.24, 2.45) is 0 Å². The second kappa shape index (κ2) is 6.94. The molecule has 0 spiro atoms. The summed E-state index contributed by atoms with van der Waals surface area (Å²) < 4.78 is 4.75. The number of hydrogen-bond donors (Lipinski definition) is 4. The predicted molar refractivity (Wildman–Crippen MR) is 111 cm³/mol. The fourth-order valence-corrected chi connectivity index (χ4v) is 4.46. The van der Waals surface area contributed by atoms with Crippen LogP contribution in [0.2, 0.25) is 5.02 Å². The van der Waals surface area contributed by atoms with Crippen LogP contribution in [-0.2, 0) is 4.74 Å². The number of H-pyrrole nitrogens is 3. The van der Waals surface area contributed by atoms with Crippen LogP contribution < -0.4 is 11.2 Å². The summed E-state index contributed by atoms with van der Waals surface area (Å²) in [6.07, 6.45) is 0. The van der Waals surface area contributed by atoms with Gasteiger partial charge in [0.2, 0.25) is 0 Å². The first kappa shape index (κ1) is 19.0. The minimum Gasteiger partial charge on any atom is -0.505 e. The van der Waals surface area contributed by atoms with Crippen LogP contribution in [0, 0.1) is 6.92 Å². The second-order valence-electron chi connectivity index (χ2n) is 6.24.